The van der Waals surface area contributed by atoms with Gasteiger partial charge in [-0.3, -0.25) is 4.79 Å². The molecule has 1 amide bonds. The Bertz CT molecular complexity index is 518. The molecular formula is C16H22BrNO3S. The van der Waals surface area contributed by atoms with Crippen molar-refractivity contribution in [1.82, 2.24) is 5.32 Å². The van der Waals surface area contributed by atoms with Crippen LogP contribution in [0.15, 0.2) is 16.6 Å². The Morgan fingerprint density at radius 2 is 1.91 bits per heavy atom. The summed E-state index contributed by atoms with van der Waals surface area (Å²) >= 11 is 5.15. The lowest BCUT2D eigenvalue weighted by molar-refractivity contribution is -0.119. The SMILES string of the molecule is COc1cc(Br)c(CSCC(=O)NC2CCCC2)cc1OC. The van der Waals surface area contributed by atoms with Crippen LogP contribution in [0.4, 0.5) is 0 Å². The molecule has 4 nitrogen and oxygen atoms in total. The standard InChI is InChI=1S/C16H22BrNO3S/c1-20-14-7-11(13(17)8-15(14)21-2)9-22-10-16(19)18-12-5-3-4-6-12/h7-8,12H,3-6,9-10H2,1-2H3,(H,18,19). The summed E-state index contributed by atoms with van der Waals surface area (Å²) in [5.41, 5.74) is 1.09. The zero-order valence-corrected chi connectivity index (χ0v) is 15.4. The smallest absolute Gasteiger partial charge is 0.230 e. The highest BCUT2D eigenvalue weighted by atomic mass is 79.9. The Kier molecular flexibility index (Phi) is 6.89. The predicted molar refractivity (Wildman–Crippen MR) is 93.8 cm³/mol. The van der Waals surface area contributed by atoms with Gasteiger partial charge >= 0.3 is 0 Å². The van der Waals surface area contributed by atoms with E-state index in [2.05, 4.69) is 21.2 Å². The maximum Gasteiger partial charge on any atom is 0.230 e. The molecule has 1 aromatic rings. The van der Waals surface area contributed by atoms with Crippen LogP contribution in [-0.2, 0) is 10.5 Å². The molecule has 0 atom stereocenters. The summed E-state index contributed by atoms with van der Waals surface area (Å²) < 4.78 is 11.5. The van der Waals surface area contributed by atoms with Crippen molar-refractivity contribution in [3.8, 4) is 11.5 Å². The van der Waals surface area contributed by atoms with Crippen LogP contribution in [0.1, 0.15) is 31.2 Å². The predicted octanol–water partition coefficient (Wildman–Crippen LogP) is 3.76. The number of carbonyl (C=O) groups excluding carboxylic acids is 1. The fourth-order valence-electron chi connectivity index (χ4n) is 2.60. The van der Waals surface area contributed by atoms with E-state index in [1.807, 2.05) is 12.1 Å². The normalized spacial score (nSPS) is 14.9. The Morgan fingerprint density at radius 3 is 2.55 bits per heavy atom. The van der Waals surface area contributed by atoms with Gasteiger partial charge in [-0.25, -0.2) is 0 Å². The molecule has 1 N–H and O–H groups in total. The average molecular weight is 388 g/mol. The third kappa shape index (κ3) is 4.81. The number of thioether (sulfide) groups is 1. The molecule has 1 saturated carbocycles. The van der Waals surface area contributed by atoms with E-state index in [0.29, 0.717) is 23.3 Å². The highest BCUT2D eigenvalue weighted by Crippen LogP contribution is 2.34. The maximum atomic E-state index is 11.9. The first-order chi connectivity index (χ1) is 10.6. The minimum atomic E-state index is 0.133. The molecule has 0 spiro atoms. The second-order valence-electron chi connectivity index (χ2n) is 5.34. The molecule has 0 unspecified atom stereocenters. The summed E-state index contributed by atoms with van der Waals surface area (Å²) in [6.45, 7) is 0. The number of amides is 1. The number of ether oxygens (including phenoxy) is 2. The molecule has 0 aliphatic heterocycles. The van der Waals surface area contributed by atoms with E-state index < -0.39 is 0 Å². The van der Waals surface area contributed by atoms with Gasteiger partial charge in [0.15, 0.2) is 11.5 Å². The van der Waals surface area contributed by atoms with E-state index in [4.69, 9.17) is 9.47 Å². The van der Waals surface area contributed by atoms with Crippen LogP contribution in [0.25, 0.3) is 0 Å². The van der Waals surface area contributed by atoms with E-state index in [1.165, 1.54) is 12.8 Å². The van der Waals surface area contributed by atoms with Crippen molar-refractivity contribution in [2.24, 2.45) is 0 Å². The number of hydrogen-bond acceptors (Lipinski definition) is 4. The maximum absolute atomic E-state index is 11.9. The monoisotopic (exact) mass is 387 g/mol. The second kappa shape index (κ2) is 8.67. The van der Waals surface area contributed by atoms with E-state index in [-0.39, 0.29) is 5.91 Å². The third-order valence-corrected chi connectivity index (χ3v) is 5.48. The molecule has 0 saturated heterocycles. The molecule has 1 aliphatic carbocycles. The molecule has 22 heavy (non-hydrogen) atoms. The van der Waals surface area contributed by atoms with Gasteiger partial charge in [-0.15, -0.1) is 11.8 Å². The largest absolute Gasteiger partial charge is 0.493 e. The van der Waals surface area contributed by atoms with Crippen LogP contribution in [0.2, 0.25) is 0 Å². The van der Waals surface area contributed by atoms with Gasteiger partial charge in [-0.05, 0) is 30.5 Å². The van der Waals surface area contributed by atoms with Crippen molar-refractivity contribution in [3.63, 3.8) is 0 Å². The topological polar surface area (TPSA) is 47.6 Å². The van der Waals surface area contributed by atoms with Gasteiger partial charge in [0.2, 0.25) is 5.91 Å². The lowest BCUT2D eigenvalue weighted by Crippen LogP contribution is -2.33. The van der Waals surface area contributed by atoms with Crippen molar-refractivity contribution < 1.29 is 14.3 Å². The van der Waals surface area contributed by atoms with Crippen molar-refractivity contribution in [2.45, 2.75) is 37.5 Å². The van der Waals surface area contributed by atoms with Crippen LogP contribution < -0.4 is 14.8 Å². The van der Waals surface area contributed by atoms with Crippen LogP contribution in [0.3, 0.4) is 0 Å². The van der Waals surface area contributed by atoms with Gasteiger partial charge in [0.25, 0.3) is 0 Å². The first-order valence-corrected chi connectivity index (χ1v) is 9.36. The molecule has 0 heterocycles. The molecule has 1 aromatic carbocycles. The molecule has 1 aliphatic rings. The van der Waals surface area contributed by atoms with Crippen molar-refractivity contribution in [1.29, 1.82) is 0 Å². The van der Waals surface area contributed by atoms with Crippen LogP contribution in [0, 0.1) is 0 Å². The van der Waals surface area contributed by atoms with Crippen molar-refractivity contribution in [2.75, 3.05) is 20.0 Å². The summed E-state index contributed by atoms with van der Waals surface area (Å²) in [7, 11) is 3.24. The summed E-state index contributed by atoms with van der Waals surface area (Å²) in [5, 5.41) is 3.10. The quantitative estimate of drug-likeness (QED) is 0.773. The number of halogens is 1. The van der Waals surface area contributed by atoms with E-state index in [9.17, 15) is 4.79 Å². The lowest BCUT2D eigenvalue weighted by Gasteiger charge is -2.13. The van der Waals surface area contributed by atoms with E-state index in [0.717, 1.165) is 28.6 Å². The van der Waals surface area contributed by atoms with Gasteiger partial charge in [0.1, 0.15) is 0 Å². The summed E-state index contributed by atoms with van der Waals surface area (Å²) in [5.74, 6) is 2.77. The van der Waals surface area contributed by atoms with E-state index in [1.54, 1.807) is 26.0 Å². The number of rotatable bonds is 7. The third-order valence-electron chi connectivity index (χ3n) is 3.76. The fraction of sp³-hybridized carbons (Fsp3) is 0.562. The van der Waals surface area contributed by atoms with Crippen LogP contribution >= 0.6 is 27.7 Å². The number of nitrogens with one attached hydrogen (secondary N) is 1. The number of hydrogen-bond donors (Lipinski definition) is 1. The first-order valence-electron chi connectivity index (χ1n) is 7.41. The molecule has 122 valence electrons. The number of methoxy groups -OCH3 is 2. The average Bonchev–Trinajstić information content (AvgIpc) is 3.01. The van der Waals surface area contributed by atoms with Gasteiger partial charge in [0, 0.05) is 16.3 Å². The second-order valence-corrected chi connectivity index (χ2v) is 7.18. The molecule has 6 heteroatoms. The summed E-state index contributed by atoms with van der Waals surface area (Å²) in [6.07, 6.45) is 4.71. The highest BCUT2D eigenvalue weighted by Gasteiger charge is 2.17. The highest BCUT2D eigenvalue weighted by molar-refractivity contribution is 9.10. The van der Waals surface area contributed by atoms with Gasteiger partial charge in [0.05, 0.1) is 20.0 Å². The van der Waals surface area contributed by atoms with Gasteiger partial charge < -0.3 is 14.8 Å². The van der Waals surface area contributed by atoms with Gasteiger partial charge in [-0.1, -0.05) is 28.8 Å². The first kappa shape index (κ1) is 17.5. The summed E-state index contributed by atoms with van der Waals surface area (Å²) in [4.78, 5) is 11.9. The molecular weight excluding hydrogens is 366 g/mol. The Hall–Kier alpha value is -0.880. The zero-order chi connectivity index (χ0) is 15.9. The van der Waals surface area contributed by atoms with Crippen molar-refractivity contribution in [3.05, 3.63) is 22.2 Å². The molecule has 0 aromatic heterocycles. The molecule has 0 radical (unpaired) electrons. The molecule has 0 bridgehead atoms. The fourth-order valence-corrected chi connectivity index (χ4v) is 4.08. The van der Waals surface area contributed by atoms with Crippen LogP contribution in [0.5, 0.6) is 11.5 Å². The Balaban J connectivity index is 1.84. The lowest BCUT2D eigenvalue weighted by atomic mass is 10.2. The van der Waals surface area contributed by atoms with Gasteiger partial charge in [-0.2, -0.15) is 0 Å². The molecule has 2 rings (SSSR count). The summed E-state index contributed by atoms with van der Waals surface area (Å²) in [6, 6.07) is 4.24. The van der Waals surface area contributed by atoms with Crippen molar-refractivity contribution >= 4 is 33.6 Å². The number of carbonyl (C=O) groups is 1. The zero-order valence-electron chi connectivity index (χ0n) is 13.0. The minimum Gasteiger partial charge on any atom is -0.493 e. The van der Waals surface area contributed by atoms with Crippen LogP contribution in [-0.4, -0.2) is 31.9 Å². The minimum absolute atomic E-state index is 0.133. The Morgan fingerprint density at radius 1 is 1.27 bits per heavy atom. The van der Waals surface area contributed by atoms with E-state index >= 15 is 0 Å². The Labute approximate surface area is 144 Å². The molecule has 1 fully saturated rings. The number of benzene rings is 1.